The number of hydrogen-bond acceptors (Lipinski definition) is 5. The van der Waals surface area contributed by atoms with Crippen LogP contribution < -0.4 is 5.32 Å². The molecule has 4 rings (SSSR count). The molecule has 5 nitrogen and oxygen atoms in total. The largest absolute Gasteiger partial charge is 0.366 e. The second-order valence-electron chi connectivity index (χ2n) is 6.79. The monoisotopic (exact) mass is 375 g/mol. The predicted molar refractivity (Wildman–Crippen MR) is 108 cm³/mol. The molecule has 28 heavy (non-hydrogen) atoms. The second-order valence-corrected chi connectivity index (χ2v) is 6.79. The molecule has 0 saturated carbocycles. The van der Waals surface area contributed by atoms with Crippen LogP contribution in [0.2, 0.25) is 0 Å². The molecule has 3 heterocycles. The van der Waals surface area contributed by atoms with E-state index in [1.54, 1.807) is 6.20 Å². The fourth-order valence-corrected chi connectivity index (χ4v) is 3.39. The number of nitrogens with one attached hydrogen (secondary N) is 1. The Labute approximate surface area is 164 Å². The molecule has 0 radical (unpaired) electrons. The highest BCUT2D eigenvalue weighted by Crippen LogP contribution is 2.27. The fourth-order valence-electron chi connectivity index (χ4n) is 3.39. The van der Waals surface area contributed by atoms with Crippen molar-refractivity contribution < 1.29 is 4.39 Å². The molecule has 1 aromatic carbocycles. The minimum atomic E-state index is -0.210. The molecule has 1 aliphatic heterocycles. The summed E-state index contributed by atoms with van der Waals surface area (Å²) in [6.07, 6.45) is 4.42. The Morgan fingerprint density at radius 2 is 2.00 bits per heavy atom. The molecule has 0 saturated heterocycles. The van der Waals surface area contributed by atoms with Crippen LogP contribution in [0.25, 0.3) is 11.5 Å². The van der Waals surface area contributed by atoms with Crippen LogP contribution in [0.3, 0.4) is 0 Å². The van der Waals surface area contributed by atoms with Crippen molar-refractivity contribution >= 4 is 5.82 Å². The molecule has 3 aromatic rings. The molecular formula is C22H22FN5. The highest BCUT2D eigenvalue weighted by atomic mass is 19.1. The summed E-state index contributed by atoms with van der Waals surface area (Å²) in [7, 11) is 0. The van der Waals surface area contributed by atoms with Gasteiger partial charge in [-0.25, -0.2) is 14.4 Å². The Balaban J connectivity index is 1.63. The van der Waals surface area contributed by atoms with Crippen molar-refractivity contribution in [3.63, 3.8) is 0 Å². The zero-order chi connectivity index (χ0) is 19.3. The topological polar surface area (TPSA) is 53.9 Å². The third-order valence-corrected chi connectivity index (χ3v) is 4.77. The van der Waals surface area contributed by atoms with Crippen molar-refractivity contribution in [3.8, 4) is 11.5 Å². The van der Waals surface area contributed by atoms with E-state index in [0.29, 0.717) is 12.4 Å². The number of rotatable bonds is 6. The fraction of sp³-hybridized carbons (Fsp3) is 0.227. The van der Waals surface area contributed by atoms with E-state index in [1.165, 1.54) is 12.1 Å². The Hall–Kier alpha value is -3.12. The smallest absolute Gasteiger partial charge is 0.180 e. The van der Waals surface area contributed by atoms with E-state index in [-0.39, 0.29) is 5.82 Å². The molecule has 0 unspecified atom stereocenters. The molecule has 0 bridgehead atoms. The number of aromatic nitrogens is 3. The number of fused-ring (bicyclic) bond motifs is 1. The van der Waals surface area contributed by atoms with Gasteiger partial charge in [0.25, 0.3) is 0 Å². The average Bonchev–Trinajstić information content (AvgIpc) is 2.74. The maximum absolute atomic E-state index is 13.2. The minimum absolute atomic E-state index is 0.210. The van der Waals surface area contributed by atoms with Gasteiger partial charge in [0.2, 0.25) is 0 Å². The lowest BCUT2D eigenvalue weighted by Gasteiger charge is -2.29. The minimum Gasteiger partial charge on any atom is -0.366 e. The molecule has 0 atom stereocenters. The van der Waals surface area contributed by atoms with E-state index in [4.69, 9.17) is 9.97 Å². The molecule has 0 fully saturated rings. The van der Waals surface area contributed by atoms with Crippen molar-refractivity contribution in [1.29, 1.82) is 0 Å². The predicted octanol–water partition coefficient (Wildman–Crippen LogP) is 3.83. The summed E-state index contributed by atoms with van der Waals surface area (Å²) >= 11 is 0. The Bertz CT molecular complexity index is 957. The highest BCUT2D eigenvalue weighted by molar-refractivity contribution is 5.57. The van der Waals surface area contributed by atoms with Crippen LogP contribution in [0.1, 0.15) is 16.8 Å². The third kappa shape index (κ3) is 4.07. The lowest BCUT2D eigenvalue weighted by molar-refractivity contribution is 0.241. The van der Waals surface area contributed by atoms with Crippen LogP contribution in [-0.2, 0) is 19.5 Å². The van der Waals surface area contributed by atoms with Gasteiger partial charge in [-0.1, -0.05) is 24.3 Å². The van der Waals surface area contributed by atoms with Crippen LogP contribution in [0, 0.1) is 5.82 Å². The van der Waals surface area contributed by atoms with Crippen LogP contribution >= 0.6 is 0 Å². The Morgan fingerprint density at radius 3 is 2.75 bits per heavy atom. The van der Waals surface area contributed by atoms with Crippen molar-refractivity contribution in [2.24, 2.45) is 0 Å². The van der Waals surface area contributed by atoms with Gasteiger partial charge in [-0.2, -0.15) is 0 Å². The summed E-state index contributed by atoms with van der Waals surface area (Å²) in [5.41, 5.74) is 4.00. The van der Waals surface area contributed by atoms with Crippen molar-refractivity contribution in [1.82, 2.24) is 19.9 Å². The molecule has 142 valence electrons. The van der Waals surface area contributed by atoms with Crippen molar-refractivity contribution in [2.45, 2.75) is 19.5 Å². The molecule has 6 heteroatoms. The van der Waals surface area contributed by atoms with Crippen molar-refractivity contribution in [2.75, 3.05) is 18.4 Å². The number of anilines is 1. The van der Waals surface area contributed by atoms with Gasteiger partial charge in [0.05, 0.1) is 5.69 Å². The lowest BCUT2D eigenvalue weighted by Crippen LogP contribution is -2.32. The van der Waals surface area contributed by atoms with E-state index in [9.17, 15) is 4.39 Å². The Kier molecular flexibility index (Phi) is 5.39. The standard InChI is InChI=1S/C22H22FN5/c1-2-11-25-21-18-10-13-28(14-16-6-8-17(23)9-7-16)15-20(18)26-22(27-21)19-5-3-4-12-24-19/h2-9,12H,1,10-11,13-15H2,(H,25,26,27). The van der Waals surface area contributed by atoms with Gasteiger partial charge in [0.1, 0.15) is 17.3 Å². The van der Waals surface area contributed by atoms with Gasteiger partial charge in [0.15, 0.2) is 5.82 Å². The summed E-state index contributed by atoms with van der Waals surface area (Å²) in [6.45, 7) is 6.81. The molecule has 0 aliphatic carbocycles. The van der Waals surface area contributed by atoms with Crippen LogP contribution in [0.15, 0.2) is 61.3 Å². The normalized spacial score (nSPS) is 13.8. The number of benzene rings is 1. The van der Waals surface area contributed by atoms with Gasteiger partial charge < -0.3 is 5.32 Å². The first kappa shape index (κ1) is 18.3. The number of hydrogen-bond donors (Lipinski definition) is 1. The molecular weight excluding hydrogens is 353 g/mol. The highest BCUT2D eigenvalue weighted by Gasteiger charge is 2.23. The number of halogens is 1. The maximum Gasteiger partial charge on any atom is 0.180 e. The molecule has 1 N–H and O–H groups in total. The van der Waals surface area contributed by atoms with Crippen LogP contribution in [-0.4, -0.2) is 32.9 Å². The van der Waals surface area contributed by atoms with Crippen molar-refractivity contribution in [3.05, 3.63) is 84.0 Å². The summed E-state index contributed by atoms with van der Waals surface area (Å²) in [6, 6.07) is 12.4. The van der Waals surface area contributed by atoms with Gasteiger partial charge >= 0.3 is 0 Å². The van der Waals surface area contributed by atoms with Gasteiger partial charge in [0, 0.05) is 37.9 Å². The van der Waals surface area contributed by atoms with Crippen LogP contribution in [0.4, 0.5) is 10.2 Å². The van der Waals surface area contributed by atoms with E-state index in [0.717, 1.165) is 54.4 Å². The molecule has 2 aromatic heterocycles. The first-order chi connectivity index (χ1) is 13.7. The summed E-state index contributed by atoms with van der Waals surface area (Å²) < 4.78 is 13.2. The van der Waals surface area contributed by atoms with E-state index >= 15 is 0 Å². The van der Waals surface area contributed by atoms with Gasteiger partial charge in [-0.15, -0.1) is 6.58 Å². The number of pyridine rings is 1. The third-order valence-electron chi connectivity index (χ3n) is 4.77. The Morgan fingerprint density at radius 1 is 1.14 bits per heavy atom. The van der Waals surface area contributed by atoms with Gasteiger partial charge in [-0.3, -0.25) is 9.88 Å². The molecule has 1 aliphatic rings. The van der Waals surface area contributed by atoms with E-state index in [1.807, 2.05) is 36.4 Å². The van der Waals surface area contributed by atoms with E-state index < -0.39 is 0 Å². The first-order valence-corrected chi connectivity index (χ1v) is 9.35. The SMILES string of the molecule is C=CCNc1nc(-c2ccccn2)nc2c1CCN(Cc1ccc(F)cc1)C2. The molecule has 0 amide bonds. The first-order valence-electron chi connectivity index (χ1n) is 9.35. The average molecular weight is 375 g/mol. The summed E-state index contributed by atoms with van der Waals surface area (Å²) in [4.78, 5) is 16.3. The van der Waals surface area contributed by atoms with Crippen LogP contribution in [0.5, 0.6) is 0 Å². The molecule has 0 spiro atoms. The second kappa shape index (κ2) is 8.27. The quantitative estimate of drug-likeness (QED) is 0.664. The lowest BCUT2D eigenvalue weighted by atomic mass is 10.0. The zero-order valence-corrected chi connectivity index (χ0v) is 15.6. The summed E-state index contributed by atoms with van der Waals surface area (Å²) in [5.74, 6) is 1.26. The van der Waals surface area contributed by atoms with Gasteiger partial charge in [-0.05, 0) is 36.2 Å². The maximum atomic E-state index is 13.2. The zero-order valence-electron chi connectivity index (χ0n) is 15.6. The number of nitrogens with zero attached hydrogens (tertiary/aromatic N) is 4. The summed E-state index contributed by atoms with van der Waals surface area (Å²) in [5, 5.41) is 3.35. The van der Waals surface area contributed by atoms with E-state index in [2.05, 4.69) is 21.8 Å².